The Morgan fingerprint density at radius 2 is 1.97 bits per heavy atom. The second-order valence-corrected chi connectivity index (χ2v) is 8.38. The molecule has 0 spiro atoms. The molecule has 2 aliphatic rings. The summed E-state index contributed by atoms with van der Waals surface area (Å²) in [6.07, 6.45) is -1.70. The van der Waals surface area contributed by atoms with E-state index in [1.54, 1.807) is 13.2 Å². The Morgan fingerprint density at radius 1 is 1.15 bits per heavy atom. The number of nitrogens with zero attached hydrogens (tertiary/aromatic N) is 2. The Labute approximate surface area is 201 Å². The molecule has 0 bridgehead atoms. The van der Waals surface area contributed by atoms with Crippen molar-refractivity contribution < 1.29 is 28.8 Å². The number of ether oxygens (including phenoxy) is 5. The molecule has 178 valence electrons. The fraction of sp³-hybridized carbons (Fsp3) is 0.417. The molecule has 10 heteroatoms. The number of nitrogens with one attached hydrogen (secondary N) is 1. The van der Waals surface area contributed by atoms with Crippen molar-refractivity contribution in [2.45, 2.75) is 24.4 Å². The van der Waals surface area contributed by atoms with Crippen LogP contribution in [0.2, 0.25) is 5.02 Å². The maximum atomic E-state index is 9.90. The number of aromatic nitrogens is 3. The van der Waals surface area contributed by atoms with E-state index in [9.17, 15) is 5.11 Å². The first-order valence-corrected chi connectivity index (χ1v) is 11.3. The number of fused-ring (bicyclic) bond motifs is 2. The Morgan fingerprint density at radius 3 is 2.79 bits per heavy atom. The van der Waals surface area contributed by atoms with E-state index in [1.165, 1.54) is 0 Å². The number of aliphatic hydroxyl groups is 1. The lowest BCUT2D eigenvalue weighted by molar-refractivity contribution is 0.00706. The Balaban J connectivity index is 1.28. The first-order chi connectivity index (χ1) is 16.6. The van der Waals surface area contributed by atoms with Gasteiger partial charge in [-0.25, -0.2) is 4.98 Å². The highest BCUT2D eigenvalue weighted by molar-refractivity contribution is 6.33. The van der Waals surface area contributed by atoms with Crippen molar-refractivity contribution in [2.24, 2.45) is 0 Å². The van der Waals surface area contributed by atoms with Gasteiger partial charge in [0.1, 0.15) is 24.9 Å². The van der Waals surface area contributed by atoms with Gasteiger partial charge in [0.2, 0.25) is 0 Å². The number of rotatable bonds is 7. The summed E-state index contributed by atoms with van der Waals surface area (Å²) < 4.78 is 27.4. The average Bonchev–Trinajstić information content (AvgIpc) is 3.53. The van der Waals surface area contributed by atoms with Gasteiger partial charge >= 0.3 is 0 Å². The molecule has 34 heavy (non-hydrogen) atoms. The summed E-state index contributed by atoms with van der Waals surface area (Å²) in [5.74, 6) is 6.04. The minimum absolute atomic E-state index is 0.238. The van der Waals surface area contributed by atoms with Crippen LogP contribution in [0.4, 0.5) is 0 Å². The number of hydrogen-bond acceptors (Lipinski definition) is 8. The SMILES string of the molecule is COCCOCC#Cc1ccc(-c2nc3nc(O[C@@H]4CO[C@H]5[C@@H]4OC[C@H]5O)[nH]c3cc2Cl)cc1. The van der Waals surface area contributed by atoms with Crippen LogP contribution in [0.15, 0.2) is 30.3 Å². The minimum Gasteiger partial charge on any atom is -0.456 e. The molecule has 1 aromatic carbocycles. The van der Waals surface area contributed by atoms with E-state index in [1.807, 2.05) is 24.3 Å². The summed E-state index contributed by atoms with van der Waals surface area (Å²) in [4.78, 5) is 12.2. The molecule has 0 unspecified atom stereocenters. The highest BCUT2D eigenvalue weighted by Gasteiger charge is 2.48. The lowest BCUT2D eigenvalue weighted by Crippen LogP contribution is -2.34. The standard InChI is InChI=1S/C24H24ClN3O6/c1-30-9-10-31-8-2-3-14-4-6-15(7-5-14)20-16(25)11-17-23(27-20)28-24(26-17)34-19-13-33-21-18(29)12-32-22(19)21/h4-7,11,18-19,21-22,29H,8-10,12-13H2,1H3,(H,26,27,28)/t18-,19-,21-,22-/m1/s1. The van der Waals surface area contributed by atoms with Crippen LogP contribution in [-0.4, -0.2) is 84.6 Å². The lowest BCUT2D eigenvalue weighted by Gasteiger charge is -2.15. The number of pyridine rings is 1. The molecule has 2 aliphatic heterocycles. The zero-order chi connectivity index (χ0) is 23.5. The van der Waals surface area contributed by atoms with Gasteiger partial charge in [-0.2, -0.15) is 4.98 Å². The van der Waals surface area contributed by atoms with Crippen molar-refractivity contribution in [3.8, 4) is 29.1 Å². The van der Waals surface area contributed by atoms with Crippen molar-refractivity contribution in [1.82, 2.24) is 15.0 Å². The van der Waals surface area contributed by atoms with E-state index in [-0.39, 0.29) is 24.9 Å². The molecule has 5 rings (SSSR count). The third kappa shape index (κ3) is 4.88. The zero-order valence-corrected chi connectivity index (χ0v) is 19.2. The number of H-pyrrole nitrogens is 1. The molecule has 2 N–H and O–H groups in total. The van der Waals surface area contributed by atoms with Gasteiger partial charge in [0, 0.05) is 18.2 Å². The van der Waals surface area contributed by atoms with Gasteiger partial charge in [-0.3, -0.25) is 0 Å². The van der Waals surface area contributed by atoms with Crippen LogP contribution < -0.4 is 4.74 Å². The monoisotopic (exact) mass is 485 g/mol. The molecule has 4 heterocycles. The topological polar surface area (TPSA) is 108 Å². The van der Waals surface area contributed by atoms with Crippen molar-refractivity contribution in [3.63, 3.8) is 0 Å². The zero-order valence-electron chi connectivity index (χ0n) is 18.5. The molecular weight excluding hydrogens is 462 g/mol. The normalized spacial score (nSPS) is 23.6. The van der Waals surface area contributed by atoms with Crippen LogP contribution in [0, 0.1) is 11.8 Å². The summed E-state index contributed by atoms with van der Waals surface area (Å²) in [6, 6.07) is 9.72. The number of methoxy groups -OCH3 is 1. The molecule has 2 saturated heterocycles. The van der Waals surface area contributed by atoms with Crippen LogP contribution in [0.5, 0.6) is 6.01 Å². The summed E-state index contributed by atoms with van der Waals surface area (Å²) in [5, 5.41) is 10.4. The van der Waals surface area contributed by atoms with Gasteiger partial charge in [-0.1, -0.05) is 35.6 Å². The van der Waals surface area contributed by atoms with Gasteiger partial charge < -0.3 is 33.8 Å². The number of aliphatic hydroxyl groups excluding tert-OH is 1. The van der Waals surface area contributed by atoms with Crippen molar-refractivity contribution in [2.75, 3.05) is 40.1 Å². The smallest absolute Gasteiger partial charge is 0.296 e. The fourth-order valence-corrected chi connectivity index (χ4v) is 4.22. The van der Waals surface area contributed by atoms with Gasteiger partial charge in [-0.15, -0.1) is 0 Å². The first-order valence-electron chi connectivity index (χ1n) is 10.9. The number of halogens is 1. The summed E-state index contributed by atoms with van der Waals surface area (Å²) in [6.45, 7) is 1.97. The van der Waals surface area contributed by atoms with E-state index in [4.69, 9.17) is 35.3 Å². The first kappa shape index (κ1) is 23.1. The van der Waals surface area contributed by atoms with Gasteiger partial charge in [0.25, 0.3) is 6.01 Å². The minimum atomic E-state index is -0.635. The number of aromatic amines is 1. The van der Waals surface area contributed by atoms with Crippen molar-refractivity contribution in [1.29, 1.82) is 0 Å². The van der Waals surface area contributed by atoms with Crippen LogP contribution in [-0.2, 0) is 18.9 Å². The maximum absolute atomic E-state index is 9.90. The van der Waals surface area contributed by atoms with Crippen LogP contribution >= 0.6 is 11.6 Å². The third-order valence-corrected chi connectivity index (χ3v) is 5.93. The highest BCUT2D eigenvalue weighted by Crippen LogP contribution is 2.32. The van der Waals surface area contributed by atoms with Crippen molar-refractivity contribution in [3.05, 3.63) is 40.9 Å². The molecule has 0 saturated carbocycles. The fourth-order valence-electron chi connectivity index (χ4n) is 3.96. The van der Waals surface area contributed by atoms with E-state index in [0.29, 0.717) is 54.3 Å². The van der Waals surface area contributed by atoms with Crippen LogP contribution in [0.1, 0.15) is 5.56 Å². The van der Waals surface area contributed by atoms with E-state index >= 15 is 0 Å². The Bertz CT molecular complexity index is 1210. The molecule has 2 aromatic heterocycles. The molecule has 9 nitrogen and oxygen atoms in total. The van der Waals surface area contributed by atoms with Crippen LogP contribution in [0.25, 0.3) is 22.4 Å². The predicted octanol–water partition coefficient (Wildman–Crippen LogP) is 2.20. The second kappa shape index (κ2) is 10.3. The number of hydrogen-bond donors (Lipinski definition) is 2. The van der Waals surface area contributed by atoms with Crippen molar-refractivity contribution >= 4 is 22.8 Å². The van der Waals surface area contributed by atoms with E-state index in [0.717, 1.165) is 11.1 Å². The largest absolute Gasteiger partial charge is 0.456 e. The average molecular weight is 486 g/mol. The maximum Gasteiger partial charge on any atom is 0.296 e. The Hall–Kier alpha value is -2.71. The van der Waals surface area contributed by atoms with E-state index in [2.05, 4.69) is 26.8 Å². The molecule has 2 fully saturated rings. The molecule has 0 radical (unpaired) electrons. The summed E-state index contributed by atoms with van der Waals surface area (Å²) in [5.41, 5.74) is 3.46. The highest BCUT2D eigenvalue weighted by atomic mass is 35.5. The molecular formula is C24H24ClN3O6. The lowest BCUT2D eigenvalue weighted by atomic mass is 10.1. The van der Waals surface area contributed by atoms with Gasteiger partial charge in [0.15, 0.2) is 11.8 Å². The van der Waals surface area contributed by atoms with E-state index < -0.39 is 6.10 Å². The molecule has 3 aromatic rings. The molecule has 4 atom stereocenters. The number of benzene rings is 1. The summed E-state index contributed by atoms with van der Waals surface area (Å²) in [7, 11) is 1.63. The van der Waals surface area contributed by atoms with Gasteiger partial charge in [0.05, 0.1) is 42.7 Å². The second-order valence-electron chi connectivity index (χ2n) is 7.98. The number of imidazole rings is 1. The van der Waals surface area contributed by atoms with Gasteiger partial charge in [-0.05, 0) is 18.2 Å². The summed E-state index contributed by atoms with van der Waals surface area (Å²) >= 11 is 6.52. The predicted molar refractivity (Wildman–Crippen MR) is 124 cm³/mol. The third-order valence-electron chi connectivity index (χ3n) is 5.65. The van der Waals surface area contributed by atoms with Crippen LogP contribution in [0.3, 0.4) is 0 Å². The quantitative estimate of drug-likeness (QED) is 0.387. The molecule has 0 amide bonds. The Kier molecular flexibility index (Phi) is 6.97. The molecule has 0 aliphatic carbocycles.